The molecule has 0 fully saturated rings. The average Bonchev–Trinajstić information content (AvgIpc) is 2.92. The van der Waals surface area contributed by atoms with Crippen LogP contribution in [0.1, 0.15) is 23.9 Å². The van der Waals surface area contributed by atoms with Crippen LogP contribution in [0.15, 0.2) is 15.6 Å². The second-order valence-corrected chi connectivity index (χ2v) is 6.10. The maximum Gasteiger partial charge on any atom is 0.246 e. The van der Waals surface area contributed by atoms with Crippen molar-refractivity contribution in [3.8, 4) is 0 Å². The number of sulfonamides is 1. The van der Waals surface area contributed by atoms with Crippen LogP contribution in [-0.2, 0) is 23.1 Å². The summed E-state index contributed by atoms with van der Waals surface area (Å²) in [5.74, 6) is 0.570. The van der Waals surface area contributed by atoms with Gasteiger partial charge in [-0.05, 0) is 20.8 Å². The molecule has 2 heterocycles. The predicted molar refractivity (Wildman–Crippen MR) is 72.3 cm³/mol. The Morgan fingerprint density at radius 1 is 1.45 bits per heavy atom. The molecule has 0 aliphatic heterocycles. The Hall–Kier alpha value is -1.87. The van der Waals surface area contributed by atoms with Gasteiger partial charge in [-0.3, -0.25) is 4.68 Å². The Kier molecular flexibility index (Phi) is 3.82. The number of hydrogen-bond donors (Lipinski definition) is 2. The largest absolute Gasteiger partial charge is 0.381 e. The van der Waals surface area contributed by atoms with Crippen molar-refractivity contribution in [3.05, 3.63) is 23.2 Å². The molecule has 0 bridgehead atoms. The molecule has 110 valence electrons. The number of nitrogens with one attached hydrogen (secondary N) is 1. The summed E-state index contributed by atoms with van der Waals surface area (Å²) in [6.45, 7) is 5.97. The lowest BCUT2D eigenvalue weighted by atomic mass is 10.2. The molecule has 0 aromatic carbocycles. The van der Waals surface area contributed by atoms with Crippen molar-refractivity contribution in [1.29, 1.82) is 0 Å². The Morgan fingerprint density at radius 2 is 2.15 bits per heavy atom. The van der Waals surface area contributed by atoms with E-state index in [0.29, 0.717) is 18.0 Å². The highest BCUT2D eigenvalue weighted by Crippen LogP contribution is 2.18. The standard InChI is InChI=1S/C11H17N5O3S/c1-4-16-6-10(11(12)14-16)20(17,18)13-5-9-7(2)15-19-8(9)3/h6,13H,4-5H2,1-3H3,(H2,12,14). The summed E-state index contributed by atoms with van der Waals surface area (Å²) in [7, 11) is -3.72. The van der Waals surface area contributed by atoms with Crippen LogP contribution < -0.4 is 10.5 Å². The van der Waals surface area contributed by atoms with E-state index in [0.717, 1.165) is 5.56 Å². The first-order valence-electron chi connectivity index (χ1n) is 6.09. The molecule has 8 nitrogen and oxygen atoms in total. The van der Waals surface area contributed by atoms with E-state index in [1.165, 1.54) is 10.9 Å². The third kappa shape index (κ3) is 2.68. The smallest absolute Gasteiger partial charge is 0.246 e. The van der Waals surface area contributed by atoms with Crippen LogP contribution in [0.25, 0.3) is 0 Å². The third-order valence-corrected chi connectivity index (χ3v) is 4.41. The monoisotopic (exact) mass is 299 g/mol. The molecular weight excluding hydrogens is 282 g/mol. The van der Waals surface area contributed by atoms with Crippen LogP contribution in [0.3, 0.4) is 0 Å². The van der Waals surface area contributed by atoms with Crippen molar-refractivity contribution in [2.75, 3.05) is 5.73 Å². The van der Waals surface area contributed by atoms with Crippen LogP contribution in [0.2, 0.25) is 0 Å². The maximum atomic E-state index is 12.2. The molecule has 2 aromatic heterocycles. The Bertz CT molecular complexity index is 697. The van der Waals surface area contributed by atoms with Crippen LogP contribution in [0.4, 0.5) is 5.82 Å². The Morgan fingerprint density at radius 3 is 2.65 bits per heavy atom. The number of aromatic nitrogens is 3. The zero-order valence-corrected chi connectivity index (χ0v) is 12.4. The number of hydrogen-bond acceptors (Lipinski definition) is 6. The summed E-state index contributed by atoms with van der Waals surface area (Å²) >= 11 is 0. The van der Waals surface area contributed by atoms with E-state index < -0.39 is 10.0 Å². The highest BCUT2D eigenvalue weighted by Gasteiger charge is 2.22. The van der Waals surface area contributed by atoms with Crippen molar-refractivity contribution < 1.29 is 12.9 Å². The van der Waals surface area contributed by atoms with Gasteiger partial charge in [0.05, 0.1) is 5.69 Å². The normalized spacial score (nSPS) is 11.9. The van der Waals surface area contributed by atoms with Gasteiger partial charge in [0.25, 0.3) is 0 Å². The number of nitrogens with zero attached hydrogens (tertiary/aromatic N) is 3. The van der Waals surface area contributed by atoms with Crippen molar-refractivity contribution in [2.24, 2.45) is 0 Å². The molecule has 0 radical (unpaired) electrons. The second kappa shape index (κ2) is 5.25. The highest BCUT2D eigenvalue weighted by molar-refractivity contribution is 7.89. The fourth-order valence-electron chi connectivity index (χ4n) is 1.79. The summed E-state index contributed by atoms with van der Waals surface area (Å²) in [5.41, 5.74) is 7.00. The summed E-state index contributed by atoms with van der Waals surface area (Å²) in [4.78, 5) is -0.0221. The van der Waals surface area contributed by atoms with E-state index in [2.05, 4.69) is 15.0 Å². The molecule has 0 atom stereocenters. The minimum Gasteiger partial charge on any atom is -0.381 e. The van der Waals surface area contributed by atoms with E-state index in [9.17, 15) is 8.42 Å². The molecule has 0 saturated heterocycles. The lowest BCUT2D eigenvalue weighted by molar-refractivity contribution is 0.392. The molecule has 20 heavy (non-hydrogen) atoms. The SMILES string of the molecule is CCn1cc(S(=O)(=O)NCc2c(C)noc2C)c(N)n1. The van der Waals surface area contributed by atoms with Gasteiger partial charge in [0.2, 0.25) is 10.0 Å². The molecule has 2 aromatic rings. The molecule has 0 aliphatic rings. The van der Waals surface area contributed by atoms with Gasteiger partial charge in [0.15, 0.2) is 5.82 Å². The lowest BCUT2D eigenvalue weighted by Gasteiger charge is -2.04. The van der Waals surface area contributed by atoms with Crippen LogP contribution >= 0.6 is 0 Å². The van der Waals surface area contributed by atoms with E-state index in [1.807, 2.05) is 6.92 Å². The van der Waals surface area contributed by atoms with E-state index >= 15 is 0 Å². The van der Waals surface area contributed by atoms with Crippen LogP contribution in [0.5, 0.6) is 0 Å². The average molecular weight is 299 g/mol. The van der Waals surface area contributed by atoms with Crippen molar-refractivity contribution in [1.82, 2.24) is 19.7 Å². The first-order chi connectivity index (χ1) is 9.35. The van der Waals surface area contributed by atoms with Gasteiger partial charge in [-0.15, -0.1) is 0 Å². The van der Waals surface area contributed by atoms with Crippen LogP contribution in [0, 0.1) is 13.8 Å². The maximum absolute atomic E-state index is 12.2. The first-order valence-corrected chi connectivity index (χ1v) is 7.57. The van der Waals surface area contributed by atoms with Gasteiger partial charge in [-0.1, -0.05) is 5.16 Å². The topological polar surface area (TPSA) is 116 Å². The van der Waals surface area contributed by atoms with Gasteiger partial charge in [-0.25, -0.2) is 13.1 Å². The summed E-state index contributed by atoms with van der Waals surface area (Å²) < 4.78 is 33.3. The van der Waals surface area contributed by atoms with Gasteiger partial charge < -0.3 is 10.3 Å². The highest BCUT2D eigenvalue weighted by atomic mass is 32.2. The molecule has 0 amide bonds. The number of nitrogen functional groups attached to an aromatic ring is 1. The van der Waals surface area contributed by atoms with Gasteiger partial charge in [0, 0.05) is 24.8 Å². The Labute approximate surface area is 117 Å². The summed E-state index contributed by atoms with van der Waals surface area (Å²) in [6, 6.07) is 0. The number of anilines is 1. The zero-order valence-electron chi connectivity index (χ0n) is 11.5. The molecule has 0 spiro atoms. The molecule has 0 aliphatic carbocycles. The zero-order chi connectivity index (χ0) is 14.9. The summed E-state index contributed by atoms with van der Waals surface area (Å²) in [6.07, 6.45) is 1.41. The third-order valence-electron chi connectivity index (χ3n) is 2.99. The first kappa shape index (κ1) is 14.5. The number of rotatable bonds is 5. The predicted octanol–water partition coefficient (Wildman–Crippen LogP) is 0.569. The van der Waals surface area contributed by atoms with Crippen molar-refractivity contribution >= 4 is 15.8 Å². The lowest BCUT2D eigenvalue weighted by Crippen LogP contribution is -2.24. The summed E-state index contributed by atoms with van der Waals surface area (Å²) in [5, 5.41) is 7.69. The molecule has 0 saturated carbocycles. The molecule has 9 heteroatoms. The molecule has 3 N–H and O–H groups in total. The van der Waals surface area contributed by atoms with Gasteiger partial charge in [0.1, 0.15) is 10.7 Å². The molecular formula is C11H17N5O3S. The van der Waals surface area contributed by atoms with Crippen molar-refractivity contribution in [3.63, 3.8) is 0 Å². The number of nitrogens with two attached hydrogens (primary N) is 1. The number of aryl methyl sites for hydroxylation is 3. The fourth-order valence-corrected chi connectivity index (χ4v) is 2.85. The van der Waals surface area contributed by atoms with E-state index in [4.69, 9.17) is 10.3 Å². The van der Waals surface area contributed by atoms with E-state index in [1.54, 1.807) is 13.8 Å². The fraction of sp³-hybridized carbons (Fsp3) is 0.455. The van der Waals surface area contributed by atoms with Gasteiger partial charge in [-0.2, -0.15) is 5.10 Å². The molecule has 2 rings (SSSR count). The van der Waals surface area contributed by atoms with Crippen LogP contribution in [-0.4, -0.2) is 23.4 Å². The van der Waals surface area contributed by atoms with E-state index in [-0.39, 0.29) is 17.3 Å². The quantitative estimate of drug-likeness (QED) is 0.833. The Balaban J connectivity index is 2.21. The second-order valence-electron chi connectivity index (χ2n) is 4.36. The minimum atomic E-state index is -3.72. The minimum absolute atomic E-state index is 0.0156. The van der Waals surface area contributed by atoms with Crippen molar-refractivity contribution in [2.45, 2.75) is 38.8 Å². The molecule has 0 unspecified atom stereocenters. The van der Waals surface area contributed by atoms with Gasteiger partial charge >= 0.3 is 0 Å².